The highest BCUT2D eigenvalue weighted by atomic mass is 32.2. The summed E-state index contributed by atoms with van der Waals surface area (Å²) in [4.78, 5) is 4.52. The first-order chi connectivity index (χ1) is 7.25. The highest BCUT2D eigenvalue weighted by Crippen LogP contribution is 2.19. The van der Waals surface area contributed by atoms with Gasteiger partial charge in [-0.25, -0.2) is 0 Å². The third-order valence-corrected chi connectivity index (χ3v) is 3.89. The molecule has 1 aromatic rings. The average Bonchev–Trinajstić information content (AvgIpc) is 2.73. The quantitative estimate of drug-likeness (QED) is 0.838. The standard InChI is InChI=1S/C11H16N2OS/c1-8-7-15-11(13-9(8)2)12-5-10-3-4-14-6-10/h3-4,6,8-9H,5,7H2,1-2H3,(H,12,13). The summed E-state index contributed by atoms with van der Waals surface area (Å²) in [6.45, 7) is 5.17. The van der Waals surface area contributed by atoms with Crippen LogP contribution in [0.4, 0.5) is 0 Å². The predicted octanol–water partition coefficient (Wildman–Crippen LogP) is 2.50. The van der Waals surface area contributed by atoms with Crippen LogP contribution >= 0.6 is 11.8 Å². The van der Waals surface area contributed by atoms with Gasteiger partial charge in [0.25, 0.3) is 0 Å². The predicted molar refractivity (Wildman–Crippen MR) is 64.1 cm³/mol. The number of furan rings is 1. The van der Waals surface area contributed by atoms with Crippen molar-refractivity contribution in [1.82, 2.24) is 5.32 Å². The number of aliphatic imine (C=N–C) groups is 1. The van der Waals surface area contributed by atoms with E-state index >= 15 is 0 Å². The second kappa shape index (κ2) is 4.75. The van der Waals surface area contributed by atoms with Crippen molar-refractivity contribution in [2.45, 2.75) is 26.4 Å². The lowest BCUT2D eigenvalue weighted by Gasteiger charge is -2.28. The van der Waals surface area contributed by atoms with Gasteiger partial charge in [-0.05, 0) is 18.9 Å². The molecule has 2 unspecified atom stereocenters. The van der Waals surface area contributed by atoms with Crippen molar-refractivity contribution < 1.29 is 4.42 Å². The summed E-state index contributed by atoms with van der Waals surface area (Å²) >= 11 is 1.81. The zero-order valence-corrected chi connectivity index (χ0v) is 9.88. The Morgan fingerprint density at radius 1 is 1.60 bits per heavy atom. The third kappa shape index (κ3) is 2.78. The summed E-state index contributed by atoms with van der Waals surface area (Å²) in [5.41, 5.74) is 1.12. The number of amidine groups is 1. The molecule has 0 amide bonds. The first kappa shape index (κ1) is 10.6. The first-order valence-electron chi connectivity index (χ1n) is 5.20. The minimum absolute atomic E-state index is 0.523. The molecule has 2 heterocycles. The Bertz CT molecular complexity index is 334. The van der Waals surface area contributed by atoms with E-state index in [9.17, 15) is 0 Å². The molecule has 1 aromatic heterocycles. The molecular formula is C11H16N2OS. The van der Waals surface area contributed by atoms with Gasteiger partial charge < -0.3 is 9.73 Å². The number of rotatable bonds is 2. The summed E-state index contributed by atoms with van der Waals surface area (Å²) < 4.78 is 5.00. The SMILES string of the molecule is CC1CSC(=NCc2ccoc2)NC1C. The van der Waals surface area contributed by atoms with E-state index in [1.165, 1.54) is 0 Å². The van der Waals surface area contributed by atoms with Gasteiger partial charge in [-0.3, -0.25) is 4.99 Å². The molecule has 1 fully saturated rings. The molecule has 0 bridgehead atoms. The van der Waals surface area contributed by atoms with Gasteiger partial charge in [-0.2, -0.15) is 0 Å². The Hall–Kier alpha value is -0.900. The van der Waals surface area contributed by atoms with Gasteiger partial charge in [0.15, 0.2) is 5.17 Å². The zero-order chi connectivity index (χ0) is 10.7. The summed E-state index contributed by atoms with van der Waals surface area (Å²) in [7, 11) is 0. The molecule has 0 radical (unpaired) electrons. The molecular weight excluding hydrogens is 208 g/mol. The summed E-state index contributed by atoms with van der Waals surface area (Å²) in [5.74, 6) is 1.86. The molecule has 2 rings (SSSR count). The van der Waals surface area contributed by atoms with Crippen molar-refractivity contribution >= 4 is 16.9 Å². The highest BCUT2D eigenvalue weighted by Gasteiger charge is 2.20. The Kier molecular flexibility index (Phi) is 3.36. The fourth-order valence-corrected chi connectivity index (χ4v) is 2.50. The molecule has 15 heavy (non-hydrogen) atoms. The van der Waals surface area contributed by atoms with Gasteiger partial charge in [0.1, 0.15) is 0 Å². The molecule has 2 atom stereocenters. The molecule has 4 heteroatoms. The second-order valence-corrected chi connectivity index (χ2v) is 4.98. The van der Waals surface area contributed by atoms with E-state index in [-0.39, 0.29) is 0 Å². The van der Waals surface area contributed by atoms with Crippen LogP contribution in [0.25, 0.3) is 0 Å². The molecule has 1 aliphatic rings. The molecule has 0 aliphatic carbocycles. The highest BCUT2D eigenvalue weighted by molar-refractivity contribution is 8.13. The molecule has 0 aromatic carbocycles. The minimum atomic E-state index is 0.523. The fourth-order valence-electron chi connectivity index (χ4n) is 1.37. The molecule has 0 saturated carbocycles. The zero-order valence-electron chi connectivity index (χ0n) is 9.06. The lowest BCUT2D eigenvalue weighted by molar-refractivity contribution is 0.490. The number of nitrogens with zero attached hydrogens (tertiary/aromatic N) is 1. The Balaban J connectivity index is 1.91. The number of hydrogen-bond acceptors (Lipinski definition) is 3. The normalized spacial score (nSPS) is 29.1. The van der Waals surface area contributed by atoms with Crippen LogP contribution in [0, 0.1) is 5.92 Å². The average molecular weight is 224 g/mol. The maximum absolute atomic E-state index is 5.00. The lowest BCUT2D eigenvalue weighted by atomic mass is 10.1. The number of thioether (sulfide) groups is 1. The smallest absolute Gasteiger partial charge is 0.157 e. The van der Waals surface area contributed by atoms with Crippen molar-refractivity contribution in [3.05, 3.63) is 24.2 Å². The van der Waals surface area contributed by atoms with Gasteiger partial charge in [0.05, 0.1) is 19.1 Å². The van der Waals surface area contributed by atoms with Crippen LogP contribution in [0.3, 0.4) is 0 Å². The molecule has 1 aliphatic heterocycles. The summed E-state index contributed by atoms with van der Waals surface area (Å²) in [6, 6.07) is 2.47. The van der Waals surface area contributed by atoms with Crippen LogP contribution in [0.1, 0.15) is 19.4 Å². The van der Waals surface area contributed by atoms with Crippen molar-refractivity contribution in [1.29, 1.82) is 0 Å². The maximum Gasteiger partial charge on any atom is 0.157 e. The van der Waals surface area contributed by atoms with E-state index in [4.69, 9.17) is 4.42 Å². The molecule has 3 nitrogen and oxygen atoms in total. The van der Waals surface area contributed by atoms with Gasteiger partial charge in [-0.1, -0.05) is 18.7 Å². The van der Waals surface area contributed by atoms with E-state index in [0.717, 1.165) is 16.5 Å². The van der Waals surface area contributed by atoms with Crippen LogP contribution in [0.2, 0.25) is 0 Å². The Morgan fingerprint density at radius 2 is 2.47 bits per heavy atom. The van der Waals surface area contributed by atoms with E-state index in [2.05, 4.69) is 24.2 Å². The second-order valence-electron chi connectivity index (χ2n) is 3.97. The van der Waals surface area contributed by atoms with E-state index in [1.54, 1.807) is 24.3 Å². The topological polar surface area (TPSA) is 37.5 Å². The number of hydrogen-bond donors (Lipinski definition) is 1. The molecule has 82 valence electrons. The van der Waals surface area contributed by atoms with Crippen molar-refractivity contribution in [3.8, 4) is 0 Å². The Morgan fingerprint density at radius 3 is 3.13 bits per heavy atom. The Labute approximate surface area is 94.3 Å². The van der Waals surface area contributed by atoms with Gasteiger partial charge >= 0.3 is 0 Å². The van der Waals surface area contributed by atoms with Gasteiger partial charge in [0.2, 0.25) is 0 Å². The number of nitrogens with one attached hydrogen (secondary N) is 1. The lowest BCUT2D eigenvalue weighted by Crippen LogP contribution is -2.41. The minimum Gasteiger partial charge on any atom is -0.472 e. The monoisotopic (exact) mass is 224 g/mol. The summed E-state index contributed by atoms with van der Waals surface area (Å²) in [5, 5.41) is 4.47. The van der Waals surface area contributed by atoms with Crippen LogP contribution in [0.15, 0.2) is 28.0 Å². The van der Waals surface area contributed by atoms with Crippen LogP contribution in [-0.2, 0) is 6.54 Å². The van der Waals surface area contributed by atoms with Crippen LogP contribution in [-0.4, -0.2) is 17.0 Å². The van der Waals surface area contributed by atoms with Crippen molar-refractivity contribution in [2.75, 3.05) is 5.75 Å². The first-order valence-corrected chi connectivity index (χ1v) is 6.19. The van der Waals surface area contributed by atoms with E-state index < -0.39 is 0 Å². The van der Waals surface area contributed by atoms with E-state index in [0.29, 0.717) is 18.5 Å². The summed E-state index contributed by atoms with van der Waals surface area (Å²) in [6.07, 6.45) is 3.42. The third-order valence-electron chi connectivity index (χ3n) is 2.67. The fraction of sp³-hybridized carbons (Fsp3) is 0.545. The van der Waals surface area contributed by atoms with Gasteiger partial charge in [0, 0.05) is 17.4 Å². The van der Waals surface area contributed by atoms with E-state index in [1.807, 2.05) is 6.07 Å². The van der Waals surface area contributed by atoms with Crippen molar-refractivity contribution in [2.24, 2.45) is 10.9 Å². The van der Waals surface area contributed by atoms with Crippen LogP contribution in [0.5, 0.6) is 0 Å². The maximum atomic E-state index is 5.00. The van der Waals surface area contributed by atoms with Crippen molar-refractivity contribution in [3.63, 3.8) is 0 Å². The molecule has 1 N–H and O–H groups in total. The van der Waals surface area contributed by atoms with Crippen LogP contribution < -0.4 is 5.32 Å². The molecule has 1 saturated heterocycles. The molecule has 0 spiro atoms. The largest absolute Gasteiger partial charge is 0.472 e. The van der Waals surface area contributed by atoms with Gasteiger partial charge in [-0.15, -0.1) is 0 Å².